The maximum absolute atomic E-state index is 13.9. The topological polar surface area (TPSA) is 45.2 Å². The zero-order valence-electron chi connectivity index (χ0n) is 16.6. The summed E-state index contributed by atoms with van der Waals surface area (Å²) in [7, 11) is 0. The fraction of sp³-hybridized carbons (Fsp3) is 0.280. The fourth-order valence-electron chi connectivity index (χ4n) is 5.04. The van der Waals surface area contributed by atoms with Gasteiger partial charge >= 0.3 is 0 Å². The number of nitrogens with one attached hydrogen (secondary N) is 1. The summed E-state index contributed by atoms with van der Waals surface area (Å²) in [5.41, 5.74) is 4.76. The van der Waals surface area contributed by atoms with Crippen molar-refractivity contribution in [3.05, 3.63) is 89.7 Å². The van der Waals surface area contributed by atoms with Gasteiger partial charge in [-0.2, -0.15) is 0 Å². The molecule has 3 heterocycles. The molecule has 2 aliphatic rings. The standard InChI is InChI=1S/C25H25N3O/c1-17-23(21(12-13-27-17)18-8-4-2-5-9-18)25(29)28-16-20-14-26-15-22(20)24(28)19-10-6-3-7-11-19/h2-13,20,22,24,26H,14-16H2,1H3/t20-,22-,24+/m0/s1. The van der Waals surface area contributed by atoms with Gasteiger partial charge in [0.2, 0.25) is 0 Å². The molecular formula is C25H25N3O. The summed E-state index contributed by atoms with van der Waals surface area (Å²) in [6, 6.07) is 22.7. The number of likely N-dealkylation sites (tertiary alicyclic amines) is 1. The predicted molar refractivity (Wildman–Crippen MR) is 114 cm³/mol. The molecule has 3 atom stereocenters. The van der Waals surface area contributed by atoms with Gasteiger partial charge in [0.25, 0.3) is 5.91 Å². The Labute approximate surface area is 171 Å². The van der Waals surface area contributed by atoms with E-state index in [1.165, 1.54) is 5.56 Å². The van der Waals surface area contributed by atoms with E-state index in [0.29, 0.717) is 11.8 Å². The van der Waals surface area contributed by atoms with Gasteiger partial charge in [0, 0.05) is 31.7 Å². The number of hydrogen-bond acceptors (Lipinski definition) is 3. The molecular weight excluding hydrogens is 358 g/mol. The van der Waals surface area contributed by atoms with Crippen LogP contribution in [0.3, 0.4) is 0 Å². The second-order valence-corrected chi connectivity index (χ2v) is 8.08. The molecule has 4 nitrogen and oxygen atoms in total. The summed E-state index contributed by atoms with van der Waals surface area (Å²) in [5.74, 6) is 1.05. The number of fused-ring (bicyclic) bond motifs is 1. The van der Waals surface area contributed by atoms with Gasteiger partial charge in [0.15, 0.2) is 0 Å². The van der Waals surface area contributed by atoms with E-state index < -0.39 is 0 Å². The van der Waals surface area contributed by atoms with Crippen LogP contribution >= 0.6 is 0 Å². The number of hydrogen-bond donors (Lipinski definition) is 1. The van der Waals surface area contributed by atoms with E-state index in [4.69, 9.17) is 0 Å². The summed E-state index contributed by atoms with van der Waals surface area (Å²) in [5, 5.41) is 3.52. The average molecular weight is 383 g/mol. The quantitative estimate of drug-likeness (QED) is 0.741. The molecule has 146 valence electrons. The lowest BCUT2D eigenvalue weighted by Crippen LogP contribution is -2.35. The Morgan fingerprint density at radius 1 is 1.00 bits per heavy atom. The Kier molecular flexibility index (Phi) is 4.64. The number of aryl methyl sites for hydroxylation is 1. The molecule has 5 rings (SSSR count). The van der Waals surface area contributed by atoms with E-state index in [1.54, 1.807) is 6.20 Å². The number of nitrogens with zero attached hydrogens (tertiary/aromatic N) is 2. The van der Waals surface area contributed by atoms with Crippen molar-refractivity contribution < 1.29 is 4.79 Å². The second-order valence-electron chi connectivity index (χ2n) is 8.08. The number of carbonyl (C=O) groups excluding carboxylic acids is 1. The summed E-state index contributed by atoms with van der Waals surface area (Å²) >= 11 is 0. The molecule has 0 spiro atoms. The Balaban J connectivity index is 1.59. The maximum atomic E-state index is 13.9. The second kappa shape index (κ2) is 7.45. The van der Waals surface area contributed by atoms with Crippen molar-refractivity contribution in [1.82, 2.24) is 15.2 Å². The first-order chi connectivity index (χ1) is 14.2. The molecule has 1 amide bonds. The van der Waals surface area contributed by atoms with Crippen molar-refractivity contribution in [2.24, 2.45) is 11.8 Å². The number of carbonyl (C=O) groups is 1. The molecule has 1 N–H and O–H groups in total. The number of amides is 1. The molecule has 0 unspecified atom stereocenters. The van der Waals surface area contributed by atoms with E-state index in [9.17, 15) is 4.79 Å². The smallest absolute Gasteiger partial charge is 0.256 e. The minimum atomic E-state index is 0.0951. The zero-order chi connectivity index (χ0) is 19.8. The first-order valence-electron chi connectivity index (χ1n) is 10.3. The first kappa shape index (κ1) is 18.1. The SMILES string of the molecule is Cc1nccc(-c2ccccc2)c1C(=O)N1C[C@@H]2CNC[C@@H]2[C@H]1c1ccccc1. The van der Waals surface area contributed by atoms with Crippen LogP contribution in [-0.2, 0) is 0 Å². The normalized spacial score (nSPS) is 23.2. The van der Waals surface area contributed by atoms with Crippen molar-refractivity contribution >= 4 is 5.91 Å². The first-order valence-corrected chi connectivity index (χ1v) is 10.3. The molecule has 2 aliphatic heterocycles. The van der Waals surface area contributed by atoms with E-state index in [2.05, 4.69) is 51.6 Å². The lowest BCUT2D eigenvalue weighted by Gasteiger charge is -2.29. The molecule has 2 saturated heterocycles. The summed E-state index contributed by atoms with van der Waals surface area (Å²) < 4.78 is 0. The van der Waals surface area contributed by atoms with Gasteiger partial charge in [-0.1, -0.05) is 60.7 Å². The van der Waals surface area contributed by atoms with E-state index in [1.807, 2.05) is 37.3 Å². The summed E-state index contributed by atoms with van der Waals surface area (Å²) in [6.07, 6.45) is 1.80. The lowest BCUT2D eigenvalue weighted by molar-refractivity contribution is 0.0713. The lowest BCUT2D eigenvalue weighted by atomic mass is 9.89. The van der Waals surface area contributed by atoms with Crippen LogP contribution in [0.4, 0.5) is 0 Å². The zero-order valence-corrected chi connectivity index (χ0v) is 16.6. The third-order valence-electron chi connectivity index (χ3n) is 6.41. The van der Waals surface area contributed by atoms with Crippen LogP contribution in [0.2, 0.25) is 0 Å². The van der Waals surface area contributed by atoms with Crippen molar-refractivity contribution in [2.75, 3.05) is 19.6 Å². The van der Waals surface area contributed by atoms with Crippen molar-refractivity contribution in [2.45, 2.75) is 13.0 Å². The fourth-order valence-corrected chi connectivity index (χ4v) is 5.04. The molecule has 0 bridgehead atoms. The maximum Gasteiger partial charge on any atom is 0.256 e. The third kappa shape index (κ3) is 3.14. The summed E-state index contributed by atoms with van der Waals surface area (Å²) in [6.45, 7) is 4.68. The number of rotatable bonds is 3. The van der Waals surface area contributed by atoms with Gasteiger partial charge in [0.1, 0.15) is 0 Å². The Bertz CT molecular complexity index is 1020. The van der Waals surface area contributed by atoms with E-state index in [-0.39, 0.29) is 11.9 Å². The van der Waals surface area contributed by atoms with Crippen molar-refractivity contribution in [1.29, 1.82) is 0 Å². The predicted octanol–water partition coefficient (Wildman–Crippen LogP) is 4.09. The van der Waals surface area contributed by atoms with Gasteiger partial charge in [-0.25, -0.2) is 0 Å². The number of aromatic nitrogens is 1. The van der Waals surface area contributed by atoms with Crippen LogP contribution in [0, 0.1) is 18.8 Å². The molecule has 29 heavy (non-hydrogen) atoms. The number of pyridine rings is 1. The molecule has 4 heteroatoms. The van der Waals surface area contributed by atoms with Crippen molar-refractivity contribution in [3.63, 3.8) is 0 Å². The third-order valence-corrected chi connectivity index (χ3v) is 6.41. The van der Waals surface area contributed by atoms with Crippen LogP contribution in [0.1, 0.15) is 27.7 Å². The molecule has 2 aromatic carbocycles. The van der Waals surface area contributed by atoms with Gasteiger partial charge in [-0.05, 0) is 35.6 Å². The highest BCUT2D eigenvalue weighted by Gasteiger charge is 2.47. The molecule has 3 aromatic rings. The van der Waals surface area contributed by atoms with Crippen LogP contribution < -0.4 is 5.32 Å². The van der Waals surface area contributed by atoms with Gasteiger partial charge in [-0.3, -0.25) is 9.78 Å². The Morgan fingerprint density at radius 2 is 1.72 bits per heavy atom. The molecule has 0 saturated carbocycles. The van der Waals surface area contributed by atoms with Crippen LogP contribution in [0.25, 0.3) is 11.1 Å². The molecule has 0 aliphatic carbocycles. The highest BCUT2D eigenvalue weighted by molar-refractivity contribution is 6.02. The van der Waals surface area contributed by atoms with Gasteiger partial charge in [0.05, 0.1) is 17.3 Å². The Morgan fingerprint density at radius 3 is 2.48 bits per heavy atom. The summed E-state index contributed by atoms with van der Waals surface area (Å²) in [4.78, 5) is 20.5. The minimum absolute atomic E-state index is 0.0951. The largest absolute Gasteiger partial charge is 0.331 e. The van der Waals surface area contributed by atoms with E-state index in [0.717, 1.165) is 42.0 Å². The van der Waals surface area contributed by atoms with Gasteiger partial charge in [-0.15, -0.1) is 0 Å². The highest BCUT2D eigenvalue weighted by Crippen LogP contribution is 2.44. The average Bonchev–Trinajstić information content (AvgIpc) is 3.35. The monoisotopic (exact) mass is 383 g/mol. The van der Waals surface area contributed by atoms with Crippen molar-refractivity contribution in [3.8, 4) is 11.1 Å². The Hall–Kier alpha value is -2.98. The van der Waals surface area contributed by atoms with Crippen LogP contribution in [0.5, 0.6) is 0 Å². The van der Waals surface area contributed by atoms with Crippen LogP contribution in [-0.4, -0.2) is 35.4 Å². The molecule has 1 aromatic heterocycles. The number of benzene rings is 2. The minimum Gasteiger partial charge on any atom is -0.331 e. The van der Waals surface area contributed by atoms with E-state index >= 15 is 0 Å². The highest BCUT2D eigenvalue weighted by atomic mass is 16.2. The molecule has 2 fully saturated rings. The molecule has 0 radical (unpaired) electrons. The van der Waals surface area contributed by atoms with Gasteiger partial charge < -0.3 is 10.2 Å². The van der Waals surface area contributed by atoms with Crippen LogP contribution in [0.15, 0.2) is 72.9 Å².